The quantitative estimate of drug-likeness (QED) is 0.203. The molecule has 11 nitrogen and oxygen atoms in total. The van der Waals surface area contributed by atoms with Gasteiger partial charge in [0.05, 0.1) is 46.7 Å². The average Bonchev–Trinajstić information content (AvgIpc) is 3.54. The highest BCUT2D eigenvalue weighted by molar-refractivity contribution is 7.90. The fourth-order valence-corrected chi connectivity index (χ4v) is 5.86. The number of hydrogen-bond donors (Lipinski definition) is 1. The first-order valence-electron chi connectivity index (χ1n) is 14.7. The summed E-state index contributed by atoms with van der Waals surface area (Å²) in [5.74, 6) is 1.90. The predicted octanol–water partition coefficient (Wildman–Crippen LogP) is 5.80. The number of carbonyl (C=O) groups is 1. The third kappa shape index (κ3) is 8.73. The van der Waals surface area contributed by atoms with Crippen molar-refractivity contribution in [2.75, 3.05) is 47.3 Å². The molecule has 0 aromatic heterocycles. The van der Waals surface area contributed by atoms with Crippen molar-refractivity contribution in [3.8, 4) is 28.7 Å². The van der Waals surface area contributed by atoms with Crippen molar-refractivity contribution in [1.29, 1.82) is 0 Å². The Balaban J connectivity index is 1.52. The van der Waals surface area contributed by atoms with Crippen LogP contribution in [0.3, 0.4) is 0 Å². The van der Waals surface area contributed by atoms with Crippen LogP contribution in [0.25, 0.3) is 0 Å². The highest BCUT2D eigenvalue weighted by atomic mass is 32.2. The second-order valence-corrected chi connectivity index (χ2v) is 12.4. The van der Waals surface area contributed by atoms with Crippen LogP contribution in [-0.4, -0.2) is 61.9 Å². The number of rotatable bonds is 15. The molecule has 1 N–H and O–H groups in total. The summed E-state index contributed by atoms with van der Waals surface area (Å²) in [6, 6.07) is 16.4. The molecule has 1 saturated heterocycles. The van der Waals surface area contributed by atoms with E-state index in [0.29, 0.717) is 48.7 Å². The number of benzene rings is 3. The summed E-state index contributed by atoms with van der Waals surface area (Å²) < 4.78 is 66.0. The minimum atomic E-state index is -3.70. The minimum Gasteiger partial charge on any atom is -0.493 e. The van der Waals surface area contributed by atoms with Crippen molar-refractivity contribution < 1.29 is 46.4 Å². The summed E-state index contributed by atoms with van der Waals surface area (Å²) in [6.45, 7) is 2.54. The molecule has 1 aliphatic rings. The number of carbonyl (C=O) groups excluding carboxylic acids is 1. The zero-order valence-corrected chi connectivity index (χ0v) is 27.1. The van der Waals surface area contributed by atoms with E-state index in [1.807, 2.05) is 49.4 Å². The van der Waals surface area contributed by atoms with Crippen LogP contribution in [0.15, 0.2) is 59.5 Å². The lowest BCUT2D eigenvalue weighted by Crippen LogP contribution is -2.28. The second-order valence-electron chi connectivity index (χ2n) is 10.5. The van der Waals surface area contributed by atoms with Crippen molar-refractivity contribution in [2.45, 2.75) is 49.9 Å². The van der Waals surface area contributed by atoms with E-state index in [0.717, 1.165) is 17.4 Å². The normalized spacial score (nSPS) is 16.1. The summed E-state index contributed by atoms with van der Waals surface area (Å²) >= 11 is 0. The molecule has 0 spiro atoms. The first-order valence-corrected chi connectivity index (χ1v) is 16.6. The molecule has 12 heteroatoms. The summed E-state index contributed by atoms with van der Waals surface area (Å²) in [7, 11) is 0.949. The van der Waals surface area contributed by atoms with E-state index < -0.39 is 22.0 Å². The Kier molecular flexibility index (Phi) is 11.8. The van der Waals surface area contributed by atoms with Gasteiger partial charge in [-0.3, -0.25) is 0 Å². The largest absolute Gasteiger partial charge is 0.493 e. The maximum atomic E-state index is 12.9. The van der Waals surface area contributed by atoms with Crippen molar-refractivity contribution in [1.82, 2.24) is 5.32 Å². The monoisotopic (exact) mass is 643 g/mol. The lowest BCUT2D eigenvalue weighted by Gasteiger charge is -2.21. The van der Waals surface area contributed by atoms with Crippen LogP contribution < -0.4 is 29.0 Å². The van der Waals surface area contributed by atoms with Crippen LogP contribution in [0.5, 0.6) is 28.7 Å². The van der Waals surface area contributed by atoms with Gasteiger partial charge >= 0.3 is 6.09 Å². The van der Waals surface area contributed by atoms with Gasteiger partial charge in [0.15, 0.2) is 32.8 Å². The highest BCUT2D eigenvalue weighted by Gasteiger charge is 2.32. The number of nitrogens with one attached hydrogen (secondary N) is 1. The van der Waals surface area contributed by atoms with Crippen LogP contribution in [0.2, 0.25) is 0 Å². The Hall–Kier alpha value is -4.16. The van der Waals surface area contributed by atoms with E-state index in [1.54, 1.807) is 33.5 Å². The lowest BCUT2D eigenvalue weighted by molar-refractivity contribution is 0.0435. The van der Waals surface area contributed by atoms with E-state index in [9.17, 15) is 13.2 Å². The van der Waals surface area contributed by atoms with Crippen LogP contribution in [0.1, 0.15) is 55.1 Å². The molecule has 0 bridgehead atoms. The molecule has 0 aliphatic carbocycles. The topological polar surface area (TPSA) is 128 Å². The van der Waals surface area contributed by atoms with Crippen molar-refractivity contribution >= 4 is 15.9 Å². The Labute approximate surface area is 264 Å². The van der Waals surface area contributed by atoms with Crippen LogP contribution >= 0.6 is 0 Å². The van der Waals surface area contributed by atoms with Gasteiger partial charge < -0.3 is 38.5 Å². The fourth-order valence-electron chi connectivity index (χ4n) is 5.01. The Morgan fingerprint density at radius 3 is 2.04 bits per heavy atom. The standard InChI is InChI=1S/C33H41NO10S/c1-6-15-42-32-29(41-16-14-34-33(35)43-21-22-10-8-7-9-11-22)19-24(20-30(32)45(5,36)37)26-13-12-25(44-26)23-17-27(38-2)31(40-4)28(18-23)39-3/h7-11,17-20,25-26H,6,12-16,21H2,1-5H3,(H,34,35). The zero-order chi connectivity index (χ0) is 32.4. The molecule has 4 rings (SSSR count). The summed E-state index contributed by atoms with van der Waals surface area (Å²) in [5.41, 5.74) is 2.35. The molecular weight excluding hydrogens is 602 g/mol. The molecular formula is C33H41NO10S. The Bertz CT molecular complexity index is 1520. The predicted molar refractivity (Wildman–Crippen MR) is 167 cm³/mol. The lowest BCUT2D eigenvalue weighted by atomic mass is 10.0. The molecule has 3 aromatic rings. The Morgan fingerprint density at radius 1 is 0.844 bits per heavy atom. The number of methoxy groups -OCH3 is 3. The molecule has 1 aliphatic heterocycles. The first kappa shape index (κ1) is 33.7. The summed E-state index contributed by atoms with van der Waals surface area (Å²) in [4.78, 5) is 12.2. The second kappa shape index (κ2) is 15.7. The van der Waals surface area contributed by atoms with Gasteiger partial charge in [0, 0.05) is 6.26 Å². The van der Waals surface area contributed by atoms with Gasteiger partial charge in [-0.1, -0.05) is 37.3 Å². The van der Waals surface area contributed by atoms with Crippen molar-refractivity contribution in [3.63, 3.8) is 0 Å². The molecule has 45 heavy (non-hydrogen) atoms. The number of amides is 1. The van der Waals surface area contributed by atoms with Gasteiger partial charge in [-0.15, -0.1) is 0 Å². The van der Waals surface area contributed by atoms with E-state index in [1.165, 1.54) is 0 Å². The van der Waals surface area contributed by atoms with Crippen LogP contribution in [-0.2, 0) is 25.9 Å². The van der Waals surface area contributed by atoms with E-state index in [4.69, 9.17) is 33.2 Å². The van der Waals surface area contributed by atoms with Gasteiger partial charge in [0.25, 0.3) is 0 Å². The molecule has 0 radical (unpaired) electrons. The zero-order valence-electron chi connectivity index (χ0n) is 26.3. The molecule has 0 saturated carbocycles. The molecule has 1 heterocycles. The SMILES string of the molecule is CCCOc1c(OCCNC(=O)OCc2ccccc2)cc(C2CCC(c3cc(OC)c(OC)c(OC)c3)O2)cc1S(C)(=O)=O. The third-order valence-corrected chi connectivity index (χ3v) is 8.29. The van der Waals surface area contributed by atoms with E-state index in [2.05, 4.69) is 5.32 Å². The summed E-state index contributed by atoms with van der Waals surface area (Å²) in [6.07, 6.45) is 1.81. The van der Waals surface area contributed by atoms with Gasteiger partial charge in [0.2, 0.25) is 5.75 Å². The fraction of sp³-hybridized carbons (Fsp3) is 0.424. The number of alkyl carbamates (subject to hydrolysis) is 1. The number of hydrogen-bond acceptors (Lipinski definition) is 10. The van der Waals surface area contributed by atoms with Crippen molar-refractivity contribution in [2.24, 2.45) is 0 Å². The van der Waals surface area contributed by atoms with E-state index in [-0.39, 0.29) is 42.3 Å². The van der Waals surface area contributed by atoms with E-state index >= 15 is 0 Å². The van der Waals surface area contributed by atoms with Crippen molar-refractivity contribution in [3.05, 3.63) is 71.3 Å². The number of sulfone groups is 1. The average molecular weight is 644 g/mol. The van der Waals surface area contributed by atoms with Crippen LogP contribution in [0, 0.1) is 0 Å². The number of ether oxygens (including phenoxy) is 7. The van der Waals surface area contributed by atoms with Gasteiger partial charge in [-0.2, -0.15) is 0 Å². The molecule has 3 aromatic carbocycles. The van der Waals surface area contributed by atoms with Crippen LogP contribution in [0.4, 0.5) is 4.79 Å². The smallest absolute Gasteiger partial charge is 0.407 e. The maximum Gasteiger partial charge on any atom is 0.407 e. The summed E-state index contributed by atoms with van der Waals surface area (Å²) in [5, 5.41) is 2.65. The van der Waals surface area contributed by atoms with Gasteiger partial charge in [-0.25, -0.2) is 13.2 Å². The molecule has 2 unspecified atom stereocenters. The molecule has 1 amide bonds. The molecule has 1 fully saturated rings. The highest BCUT2D eigenvalue weighted by Crippen LogP contribution is 2.48. The Morgan fingerprint density at radius 2 is 1.47 bits per heavy atom. The maximum absolute atomic E-state index is 12.9. The molecule has 244 valence electrons. The minimum absolute atomic E-state index is 0.0125. The van der Waals surface area contributed by atoms with Gasteiger partial charge in [0.1, 0.15) is 18.1 Å². The van der Waals surface area contributed by atoms with Gasteiger partial charge in [-0.05, 0) is 60.2 Å². The third-order valence-electron chi connectivity index (χ3n) is 7.19. The molecule has 2 atom stereocenters. The first-order chi connectivity index (χ1) is 21.7.